The zero-order chi connectivity index (χ0) is 29.5. The first-order chi connectivity index (χ1) is 19.5. The van der Waals surface area contributed by atoms with Crippen LogP contribution < -0.4 is 15.4 Å². The van der Waals surface area contributed by atoms with Gasteiger partial charge in [0.25, 0.3) is 0 Å². The average Bonchev–Trinajstić information content (AvgIpc) is 2.82. The number of aliphatic hydroxyl groups excluding tert-OH is 1. The summed E-state index contributed by atoms with van der Waals surface area (Å²) in [5.74, 6) is 1.89. The molecule has 9 nitrogen and oxygen atoms in total. The van der Waals surface area contributed by atoms with Gasteiger partial charge >= 0.3 is 0 Å². The van der Waals surface area contributed by atoms with E-state index in [0.717, 1.165) is 63.2 Å². The van der Waals surface area contributed by atoms with Crippen molar-refractivity contribution in [2.45, 2.75) is 65.9 Å². The summed E-state index contributed by atoms with van der Waals surface area (Å²) in [6.07, 6.45) is 3.86. The van der Waals surface area contributed by atoms with Crippen molar-refractivity contribution in [3.8, 4) is 17.1 Å². The van der Waals surface area contributed by atoms with Crippen LogP contribution in [-0.2, 0) is 9.59 Å². The van der Waals surface area contributed by atoms with Gasteiger partial charge in [-0.3, -0.25) is 9.59 Å². The number of ether oxygens (including phenoxy) is 1. The lowest BCUT2D eigenvalue weighted by atomic mass is 9.57. The van der Waals surface area contributed by atoms with Gasteiger partial charge in [0.05, 0.1) is 22.4 Å². The number of aliphatic hydroxyl groups is 1. The number of hydrogen-bond donors (Lipinski definition) is 2. The van der Waals surface area contributed by atoms with Crippen molar-refractivity contribution in [3.05, 3.63) is 40.2 Å². The Bertz CT molecular complexity index is 1370. The first-order valence-electron chi connectivity index (χ1n) is 14.5. The molecule has 2 aliphatic heterocycles. The van der Waals surface area contributed by atoms with Crippen LogP contribution in [0.3, 0.4) is 0 Å². The van der Waals surface area contributed by atoms with Gasteiger partial charge in [0.15, 0.2) is 11.6 Å². The fourth-order valence-electron chi connectivity index (χ4n) is 6.31. The fraction of sp³-hybridized carbons (Fsp3) is 0.548. The lowest BCUT2D eigenvalue weighted by Gasteiger charge is -2.60. The van der Waals surface area contributed by atoms with E-state index in [0.29, 0.717) is 51.5 Å². The van der Waals surface area contributed by atoms with Crippen LogP contribution in [0.4, 0.5) is 5.82 Å². The van der Waals surface area contributed by atoms with Crippen molar-refractivity contribution >= 4 is 34.7 Å². The van der Waals surface area contributed by atoms with Gasteiger partial charge in [0.2, 0.25) is 5.91 Å². The Morgan fingerprint density at radius 3 is 2.51 bits per heavy atom. The van der Waals surface area contributed by atoms with Crippen molar-refractivity contribution in [1.29, 1.82) is 0 Å². The molecule has 0 radical (unpaired) electrons. The Morgan fingerprint density at radius 2 is 1.93 bits per heavy atom. The molecule has 1 amide bonds. The number of benzene rings is 1. The molecular weight excluding hydrogens is 542 g/mol. The maximum atomic E-state index is 12.7. The van der Waals surface area contributed by atoms with E-state index in [1.165, 1.54) is 6.92 Å². The van der Waals surface area contributed by atoms with Gasteiger partial charge in [0, 0.05) is 54.3 Å². The van der Waals surface area contributed by atoms with E-state index in [4.69, 9.17) is 32.0 Å². The Morgan fingerprint density at radius 1 is 1.22 bits per heavy atom. The summed E-state index contributed by atoms with van der Waals surface area (Å²) in [6.45, 7) is 10.6. The van der Waals surface area contributed by atoms with E-state index in [-0.39, 0.29) is 23.7 Å². The van der Waals surface area contributed by atoms with Gasteiger partial charge in [-0.25, -0.2) is 9.97 Å². The number of nitrogens with two attached hydrogens (primary N) is 1. The predicted molar refractivity (Wildman–Crippen MR) is 160 cm³/mol. The van der Waals surface area contributed by atoms with Gasteiger partial charge in [-0.2, -0.15) is 0 Å². The number of ketones is 1. The predicted octanol–water partition coefficient (Wildman–Crippen LogP) is 4.37. The summed E-state index contributed by atoms with van der Waals surface area (Å²) in [7, 11) is 0. The first kappa shape index (κ1) is 29.3. The van der Waals surface area contributed by atoms with Gasteiger partial charge in [0.1, 0.15) is 18.2 Å². The highest BCUT2D eigenvalue weighted by Gasteiger charge is 2.55. The molecular formula is C31H40ClN5O4. The SMILES string of the molecule is CCC[C@@H](O)COc1ccc(Cl)c(-c2nc(C(C(C)=O)=C(C)N)c(C)c(N3CC4(CC(C(=O)N5CCC5)C4)C3)n2)c1. The summed E-state index contributed by atoms with van der Waals surface area (Å²) in [5.41, 5.74) is 8.87. The maximum absolute atomic E-state index is 12.7. The summed E-state index contributed by atoms with van der Waals surface area (Å²) < 4.78 is 5.84. The number of aromatic nitrogens is 2. The van der Waals surface area contributed by atoms with E-state index >= 15 is 0 Å². The number of Topliss-reactive ketones (excluding diaryl/α,β-unsaturated/α-hetero) is 1. The molecule has 3 N–H and O–H groups in total. The lowest BCUT2D eigenvalue weighted by molar-refractivity contribution is -0.148. The molecule has 2 saturated heterocycles. The van der Waals surface area contributed by atoms with Gasteiger partial charge in [-0.05, 0) is 64.7 Å². The molecule has 41 heavy (non-hydrogen) atoms. The van der Waals surface area contributed by atoms with Gasteiger partial charge < -0.3 is 25.4 Å². The normalized spacial score (nSPS) is 19.2. The highest BCUT2D eigenvalue weighted by atomic mass is 35.5. The number of amides is 1. The average molecular weight is 582 g/mol. The Balaban J connectivity index is 1.45. The summed E-state index contributed by atoms with van der Waals surface area (Å²) in [5, 5.41) is 10.6. The minimum absolute atomic E-state index is 0.122. The number of rotatable bonds is 10. The molecule has 0 bridgehead atoms. The van der Waals surface area contributed by atoms with Crippen LogP contribution in [-0.4, -0.2) is 70.6 Å². The number of allylic oxidation sites excluding steroid dienone is 2. The van der Waals surface area contributed by atoms with E-state index in [1.807, 2.05) is 18.7 Å². The van der Waals surface area contributed by atoms with Gasteiger partial charge in [-0.15, -0.1) is 0 Å². The molecule has 1 saturated carbocycles. The summed E-state index contributed by atoms with van der Waals surface area (Å²) in [6, 6.07) is 5.24. The first-order valence-corrected chi connectivity index (χ1v) is 14.9. The van der Waals surface area contributed by atoms with Crippen LogP contribution in [0.5, 0.6) is 5.75 Å². The second-order valence-electron chi connectivity index (χ2n) is 12.0. The highest BCUT2D eigenvalue weighted by Crippen LogP contribution is 2.54. The van der Waals surface area contributed by atoms with E-state index in [9.17, 15) is 14.7 Å². The summed E-state index contributed by atoms with van der Waals surface area (Å²) in [4.78, 5) is 39.3. The molecule has 1 aliphatic carbocycles. The highest BCUT2D eigenvalue weighted by molar-refractivity contribution is 6.33. The topological polar surface area (TPSA) is 122 Å². The third-order valence-electron chi connectivity index (χ3n) is 8.57. The maximum Gasteiger partial charge on any atom is 0.225 e. The van der Waals surface area contributed by atoms with Crippen molar-refractivity contribution in [2.24, 2.45) is 17.1 Å². The summed E-state index contributed by atoms with van der Waals surface area (Å²) >= 11 is 6.65. The second kappa shape index (κ2) is 11.6. The number of likely N-dealkylation sites (tertiary alicyclic amines) is 1. The molecule has 5 rings (SSSR count). The van der Waals surface area contributed by atoms with Crippen molar-refractivity contribution < 1.29 is 19.4 Å². The zero-order valence-electron chi connectivity index (χ0n) is 24.4. The molecule has 2 aromatic rings. The minimum atomic E-state index is -0.560. The number of anilines is 1. The molecule has 220 valence electrons. The Hall–Kier alpha value is -3.17. The number of nitrogens with zero attached hydrogens (tertiary/aromatic N) is 4. The van der Waals surface area contributed by atoms with Crippen LogP contribution in [0.25, 0.3) is 17.0 Å². The largest absolute Gasteiger partial charge is 0.491 e. The van der Waals surface area contributed by atoms with Crippen LogP contribution in [0.1, 0.15) is 64.1 Å². The second-order valence-corrected chi connectivity index (χ2v) is 12.4. The van der Waals surface area contributed by atoms with E-state index in [2.05, 4.69) is 4.90 Å². The van der Waals surface area contributed by atoms with Crippen LogP contribution >= 0.6 is 11.6 Å². The molecule has 3 fully saturated rings. The Labute approximate surface area is 246 Å². The molecule has 10 heteroatoms. The molecule has 0 unspecified atom stereocenters. The number of carbonyl (C=O) groups is 2. The number of halogens is 1. The van der Waals surface area contributed by atoms with E-state index < -0.39 is 6.10 Å². The molecule has 1 spiro atoms. The standard InChI is InChI=1S/C31H40ClN5O4/c1-5-7-22(39)15-41-23-8-9-25(32)24(12-23)28-34-27(26(19(3)33)20(4)38)18(2)29(35-28)37-16-31(17-37)13-21(14-31)30(40)36-10-6-11-36/h8-9,12,21-22,39H,5-7,10-11,13-17,33H2,1-4H3/t22-/m1/s1. The molecule has 3 heterocycles. The third kappa shape index (κ3) is 5.79. The minimum Gasteiger partial charge on any atom is -0.491 e. The van der Waals surface area contributed by atoms with Crippen molar-refractivity contribution in [1.82, 2.24) is 14.9 Å². The molecule has 1 atom stereocenters. The number of carbonyl (C=O) groups excluding carboxylic acids is 2. The van der Waals surface area contributed by atoms with Crippen LogP contribution in [0.2, 0.25) is 5.02 Å². The van der Waals surface area contributed by atoms with Crippen molar-refractivity contribution in [2.75, 3.05) is 37.7 Å². The molecule has 1 aromatic heterocycles. The van der Waals surface area contributed by atoms with Crippen molar-refractivity contribution in [3.63, 3.8) is 0 Å². The van der Waals surface area contributed by atoms with Crippen LogP contribution in [0, 0.1) is 18.3 Å². The number of hydrogen-bond acceptors (Lipinski definition) is 8. The molecule has 3 aliphatic rings. The quantitative estimate of drug-likeness (QED) is 0.397. The monoisotopic (exact) mass is 581 g/mol. The molecule has 1 aromatic carbocycles. The fourth-order valence-corrected chi connectivity index (χ4v) is 6.51. The van der Waals surface area contributed by atoms with Crippen LogP contribution in [0.15, 0.2) is 23.9 Å². The van der Waals surface area contributed by atoms with Gasteiger partial charge in [-0.1, -0.05) is 24.9 Å². The Kier molecular flexibility index (Phi) is 8.30. The lowest BCUT2D eigenvalue weighted by Crippen LogP contribution is -2.65. The third-order valence-corrected chi connectivity index (χ3v) is 8.90. The van der Waals surface area contributed by atoms with E-state index in [1.54, 1.807) is 25.1 Å². The zero-order valence-corrected chi connectivity index (χ0v) is 25.1. The smallest absolute Gasteiger partial charge is 0.225 e.